The molecule has 0 N–H and O–H groups in total. The topological polar surface area (TPSA) is 30.7 Å². The van der Waals surface area contributed by atoms with Gasteiger partial charge >= 0.3 is 5.97 Å². The average Bonchev–Trinajstić information content (AvgIpc) is 2.48. The molecule has 0 unspecified atom stereocenters. The van der Waals surface area contributed by atoms with Crippen LogP contribution in [0.2, 0.25) is 0 Å². The van der Waals surface area contributed by atoms with E-state index in [0.717, 1.165) is 16.7 Å². The van der Waals surface area contributed by atoms with Crippen molar-refractivity contribution in [2.75, 3.05) is 7.11 Å². The van der Waals surface area contributed by atoms with E-state index in [9.17, 15) is 4.79 Å². The minimum atomic E-state index is -0.247. The van der Waals surface area contributed by atoms with Crippen LogP contribution in [0, 0.1) is 6.57 Å². The first-order valence-corrected chi connectivity index (χ1v) is 5.86. The zero-order chi connectivity index (χ0) is 13.7. The first-order valence-electron chi connectivity index (χ1n) is 5.86. The molecule has 0 amide bonds. The van der Waals surface area contributed by atoms with Gasteiger partial charge in [-0.2, -0.15) is 0 Å². The lowest BCUT2D eigenvalue weighted by atomic mass is 10.0. The molecule has 19 heavy (non-hydrogen) atoms. The summed E-state index contributed by atoms with van der Waals surface area (Å²) in [6.07, 6.45) is 0.277. The van der Waals surface area contributed by atoms with E-state index in [1.54, 1.807) is 6.07 Å². The molecule has 2 aromatic carbocycles. The maximum absolute atomic E-state index is 11.2. The van der Waals surface area contributed by atoms with Crippen LogP contribution in [0.15, 0.2) is 48.5 Å². The summed E-state index contributed by atoms with van der Waals surface area (Å²) in [5.41, 5.74) is 3.56. The van der Waals surface area contributed by atoms with Gasteiger partial charge in [-0.05, 0) is 22.8 Å². The van der Waals surface area contributed by atoms with E-state index in [2.05, 4.69) is 9.58 Å². The lowest BCUT2D eigenvalue weighted by Gasteiger charge is -2.04. The summed E-state index contributed by atoms with van der Waals surface area (Å²) in [7, 11) is 1.38. The number of esters is 1. The highest BCUT2D eigenvalue weighted by molar-refractivity contribution is 5.73. The lowest BCUT2D eigenvalue weighted by molar-refractivity contribution is -0.139. The van der Waals surface area contributed by atoms with Gasteiger partial charge in [-0.15, -0.1) is 0 Å². The van der Waals surface area contributed by atoms with Crippen molar-refractivity contribution in [2.45, 2.75) is 6.42 Å². The van der Waals surface area contributed by atoms with Crippen LogP contribution in [0.4, 0.5) is 5.69 Å². The minimum absolute atomic E-state index is 0.247. The second-order valence-electron chi connectivity index (χ2n) is 4.11. The van der Waals surface area contributed by atoms with Crippen molar-refractivity contribution in [3.63, 3.8) is 0 Å². The van der Waals surface area contributed by atoms with E-state index < -0.39 is 0 Å². The van der Waals surface area contributed by atoms with E-state index in [0.29, 0.717) is 5.69 Å². The van der Waals surface area contributed by atoms with E-state index >= 15 is 0 Å². The molecule has 0 aliphatic carbocycles. The lowest BCUT2D eigenvalue weighted by Crippen LogP contribution is -2.03. The van der Waals surface area contributed by atoms with Gasteiger partial charge in [0.2, 0.25) is 0 Å². The third-order valence-electron chi connectivity index (χ3n) is 2.84. The Balaban J connectivity index is 2.22. The molecule has 0 saturated heterocycles. The normalized spacial score (nSPS) is 9.68. The van der Waals surface area contributed by atoms with Gasteiger partial charge in [0.05, 0.1) is 20.1 Å². The standard InChI is InChI=1S/C16H13NO2/c1-17-15-5-3-4-14(11-15)13-8-6-12(7-9-13)10-16(18)19-2/h3-9,11H,10H2,2H3. The smallest absolute Gasteiger partial charge is 0.309 e. The Morgan fingerprint density at radius 2 is 1.89 bits per heavy atom. The Morgan fingerprint density at radius 1 is 1.16 bits per heavy atom. The van der Waals surface area contributed by atoms with Gasteiger partial charge in [-0.3, -0.25) is 4.79 Å². The fourth-order valence-corrected chi connectivity index (χ4v) is 1.81. The summed E-state index contributed by atoms with van der Waals surface area (Å²) in [5, 5.41) is 0. The SMILES string of the molecule is [C-]#[N+]c1cccc(-c2ccc(CC(=O)OC)cc2)c1. The van der Waals surface area contributed by atoms with Crippen molar-refractivity contribution >= 4 is 11.7 Å². The summed E-state index contributed by atoms with van der Waals surface area (Å²) in [4.78, 5) is 14.6. The molecular formula is C16H13NO2. The van der Waals surface area contributed by atoms with Crippen LogP contribution in [-0.2, 0) is 16.0 Å². The van der Waals surface area contributed by atoms with Crippen LogP contribution >= 0.6 is 0 Å². The maximum Gasteiger partial charge on any atom is 0.309 e. The van der Waals surface area contributed by atoms with Crippen molar-refractivity contribution in [3.05, 3.63) is 65.5 Å². The van der Waals surface area contributed by atoms with Crippen molar-refractivity contribution in [2.24, 2.45) is 0 Å². The predicted octanol–water partition coefficient (Wildman–Crippen LogP) is 3.62. The highest BCUT2D eigenvalue weighted by Gasteiger charge is 2.03. The van der Waals surface area contributed by atoms with Gasteiger partial charge < -0.3 is 4.74 Å². The fourth-order valence-electron chi connectivity index (χ4n) is 1.81. The van der Waals surface area contributed by atoms with Gasteiger partial charge in [-0.25, -0.2) is 4.85 Å². The van der Waals surface area contributed by atoms with Crippen LogP contribution in [0.25, 0.3) is 16.0 Å². The monoisotopic (exact) mass is 251 g/mol. The molecule has 94 valence electrons. The molecule has 0 aliphatic heterocycles. The molecule has 0 aromatic heterocycles. The summed E-state index contributed by atoms with van der Waals surface area (Å²) >= 11 is 0. The highest BCUT2D eigenvalue weighted by atomic mass is 16.5. The maximum atomic E-state index is 11.2. The highest BCUT2D eigenvalue weighted by Crippen LogP contribution is 2.24. The first kappa shape index (κ1) is 12.8. The van der Waals surface area contributed by atoms with Crippen molar-refractivity contribution in [1.29, 1.82) is 0 Å². The molecular weight excluding hydrogens is 238 g/mol. The molecule has 0 saturated carbocycles. The van der Waals surface area contributed by atoms with Crippen LogP contribution in [0.3, 0.4) is 0 Å². The molecule has 0 aliphatic rings. The Kier molecular flexibility index (Phi) is 3.94. The molecule has 3 heteroatoms. The Morgan fingerprint density at radius 3 is 2.53 bits per heavy atom. The Hall–Kier alpha value is -2.60. The van der Waals surface area contributed by atoms with Gasteiger partial charge in [0.1, 0.15) is 0 Å². The minimum Gasteiger partial charge on any atom is -0.469 e. The predicted molar refractivity (Wildman–Crippen MR) is 73.9 cm³/mol. The number of benzene rings is 2. The van der Waals surface area contributed by atoms with E-state index in [1.165, 1.54) is 7.11 Å². The largest absolute Gasteiger partial charge is 0.469 e. The molecule has 0 radical (unpaired) electrons. The molecule has 0 fully saturated rings. The average molecular weight is 251 g/mol. The summed E-state index contributed by atoms with van der Waals surface area (Å²) in [6, 6.07) is 15.1. The number of ether oxygens (including phenoxy) is 1. The van der Waals surface area contributed by atoms with Crippen molar-refractivity contribution in [1.82, 2.24) is 0 Å². The Labute approximate surface area is 112 Å². The van der Waals surface area contributed by atoms with E-state index in [4.69, 9.17) is 6.57 Å². The Bertz CT molecular complexity index is 624. The van der Waals surface area contributed by atoms with Crippen molar-refractivity contribution in [3.8, 4) is 11.1 Å². The summed E-state index contributed by atoms with van der Waals surface area (Å²) in [5.74, 6) is -0.247. The summed E-state index contributed by atoms with van der Waals surface area (Å²) < 4.78 is 4.63. The number of nitrogens with zero attached hydrogens (tertiary/aromatic N) is 1. The number of methoxy groups -OCH3 is 1. The molecule has 2 rings (SSSR count). The second-order valence-corrected chi connectivity index (χ2v) is 4.11. The molecule has 0 bridgehead atoms. The first-order chi connectivity index (χ1) is 9.22. The number of rotatable bonds is 3. The van der Waals surface area contributed by atoms with Crippen LogP contribution in [0.5, 0.6) is 0 Å². The third-order valence-corrected chi connectivity index (χ3v) is 2.84. The molecule has 2 aromatic rings. The van der Waals surface area contributed by atoms with Gasteiger partial charge in [0.25, 0.3) is 0 Å². The second kappa shape index (κ2) is 5.83. The quantitative estimate of drug-likeness (QED) is 0.616. The van der Waals surface area contributed by atoms with Gasteiger partial charge in [0, 0.05) is 0 Å². The van der Waals surface area contributed by atoms with E-state index in [-0.39, 0.29) is 12.4 Å². The van der Waals surface area contributed by atoms with Crippen molar-refractivity contribution < 1.29 is 9.53 Å². The van der Waals surface area contributed by atoms with Crippen LogP contribution < -0.4 is 0 Å². The molecule has 3 nitrogen and oxygen atoms in total. The number of hydrogen-bond donors (Lipinski definition) is 0. The number of carbonyl (C=O) groups excluding carboxylic acids is 1. The third kappa shape index (κ3) is 3.20. The summed E-state index contributed by atoms with van der Waals surface area (Å²) in [6.45, 7) is 7.01. The zero-order valence-corrected chi connectivity index (χ0v) is 10.6. The van der Waals surface area contributed by atoms with Gasteiger partial charge in [-0.1, -0.05) is 42.5 Å². The fraction of sp³-hybridized carbons (Fsp3) is 0.125. The van der Waals surface area contributed by atoms with E-state index in [1.807, 2.05) is 42.5 Å². The number of carbonyl (C=O) groups is 1. The zero-order valence-electron chi connectivity index (χ0n) is 10.6. The molecule has 0 heterocycles. The van der Waals surface area contributed by atoms with Crippen LogP contribution in [-0.4, -0.2) is 13.1 Å². The molecule has 0 spiro atoms. The molecule has 0 atom stereocenters. The van der Waals surface area contributed by atoms with Gasteiger partial charge in [0.15, 0.2) is 5.69 Å². The van der Waals surface area contributed by atoms with Crippen LogP contribution in [0.1, 0.15) is 5.56 Å². The number of hydrogen-bond acceptors (Lipinski definition) is 2.